The molecule has 2 nitrogen and oxygen atoms in total. The van der Waals surface area contributed by atoms with Crippen molar-refractivity contribution in [1.29, 1.82) is 0 Å². The summed E-state index contributed by atoms with van der Waals surface area (Å²) >= 11 is 8.45. The molecule has 0 aromatic rings. The molecule has 0 heterocycles. The van der Waals surface area contributed by atoms with Gasteiger partial charge in [-0.25, -0.2) is 0 Å². The molecule has 2 atom stereocenters. The third-order valence-electron chi connectivity index (χ3n) is 1.83. The first-order valence-electron chi connectivity index (χ1n) is 4.65. The summed E-state index contributed by atoms with van der Waals surface area (Å²) in [6.45, 7) is 4.82. The van der Waals surface area contributed by atoms with Gasteiger partial charge in [0.05, 0.1) is 6.61 Å². The van der Waals surface area contributed by atoms with E-state index in [1.54, 1.807) is 0 Å². The molecule has 0 amide bonds. The number of hydrogen-bond acceptors (Lipinski definition) is 2. The molecule has 80 valence electrons. The van der Waals surface area contributed by atoms with Crippen molar-refractivity contribution in [3.8, 4) is 0 Å². The maximum absolute atomic E-state index is 9.11. The Bertz CT molecular complexity index is 170. The van der Waals surface area contributed by atoms with Crippen LogP contribution in [-0.4, -0.2) is 11.5 Å². The molecule has 0 aromatic carbocycles. The van der Waals surface area contributed by atoms with E-state index >= 15 is 0 Å². The third-order valence-corrected chi connectivity index (χ3v) is 2.98. The van der Waals surface area contributed by atoms with Crippen LogP contribution in [0.1, 0.15) is 39.5 Å². The molecular formula is C8H19O2PS2. The lowest BCUT2D eigenvalue weighted by atomic mass is 10.0. The molecule has 0 aliphatic carbocycles. The van der Waals surface area contributed by atoms with Gasteiger partial charge in [-0.3, -0.25) is 0 Å². The van der Waals surface area contributed by atoms with Gasteiger partial charge in [-0.15, -0.1) is 0 Å². The highest BCUT2D eigenvalue weighted by atomic mass is 32.9. The highest BCUT2D eigenvalue weighted by molar-refractivity contribution is 8.59. The molecular weight excluding hydrogens is 223 g/mol. The molecule has 2 unspecified atom stereocenters. The molecule has 0 saturated heterocycles. The van der Waals surface area contributed by atoms with E-state index in [9.17, 15) is 0 Å². The van der Waals surface area contributed by atoms with E-state index < -0.39 is 5.69 Å². The minimum absolute atomic E-state index is 0.466. The second kappa shape index (κ2) is 7.24. The van der Waals surface area contributed by atoms with E-state index in [-0.39, 0.29) is 0 Å². The largest absolute Gasteiger partial charge is 0.338 e. The summed E-state index contributed by atoms with van der Waals surface area (Å²) < 4.78 is 5.07. The zero-order valence-corrected chi connectivity index (χ0v) is 10.9. The van der Waals surface area contributed by atoms with Crippen LogP contribution in [0.25, 0.3) is 0 Å². The fourth-order valence-corrected chi connectivity index (χ4v) is 1.88. The van der Waals surface area contributed by atoms with Crippen molar-refractivity contribution < 1.29 is 9.42 Å². The first kappa shape index (κ1) is 13.9. The average Bonchev–Trinajstić information content (AvgIpc) is 2.00. The van der Waals surface area contributed by atoms with Crippen LogP contribution < -0.4 is 0 Å². The van der Waals surface area contributed by atoms with Crippen molar-refractivity contribution in [2.45, 2.75) is 39.5 Å². The van der Waals surface area contributed by atoms with Crippen molar-refractivity contribution >= 4 is 29.7 Å². The number of thiol groups is 1. The van der Waals surface area contributed by atoms with Crippen LogP contribution in [-0.2, 0) is 16.3 Å². The Kier molecular flexibility index (Phi) is 7.76. The van der Waals surface area contributed by atoms with Crippen LogP contribution in [0.15, 0.2) is 0 Å². The van der Waals surface area contributed by atoms with E-state index in [1.807, 2.05) is 0 Å². The van der Waals surface area contributed by atoms with Gasteiger partial charge in [-0.1, -0.05) is 45.4 Å². The summed E-state index contributed by atoms with van der Waals surface area (Å²) in [6, 6.07) is 0. The molecule has 0 radical (unpaired) electrons. The summed E-state index contributed by atoms with van der Waals surface area (Å²) in [4.78, 5) is 9.11. The Hall–Kier alpha value is 0.920. The smallest absolute Gasteiger partial charge is 0.241 e. The van der Waals surface area contributed by atoms with E-state index in [0.29, 0.717) is 12.5 Å². The van der Waals surface area contributed by atoms with Gasteiger partial charge in [0.25, 0.3) is 0 Å². The molecule has 0 spiro atoms. The van der Waals surface area contributed by atoms with Gasteiger partial charge in [0.15, 0.2) is 0 Å². The van der Waals surface area contributed by atoms with E-state index in [4.69, 9.17) is 9.42 Å². The zero-order valence-electron chi connectivity index (χ0n) is 8.27. The SMILES string of the molecule is CCCCCC(C)COP(O)(=S)S. The van der Waals surface area contributed by atoms with Gasteiger partial charge in [0.1, 0.15) is 0 Å². The molecule has 0 aliphatic heterocycles. The lowest BCUT2D eigenvalue weighted by Crippen LogP contribution is -2.03. The van der Waals surface area contributed by atoms with Crippen LogP contribution in [0.4, 0.5) is 0 Å². The summed E-state index contributed by atoms with van der Waals surface area (Å²) in [5.74, 6) is 0.466. The fraction of sp³-hybridized carbons (Fsp3) is 1.00. The minimum atomic E-state index is -2.73. The average molecular weight is 242 g/mol. The Morgan fingerprint density at radius 2 is 2.15 bits per heavy atom. The number of rotatable bonds is 7. The second-order valence-corrected chi connectivity index (χ2v) is 8.55. The predicted molar refractivity (Wildman–Crippen MR) is 64.7 cm³/mol. The zero-order chi connectivity index (χ0) is 10.3. The molecule has 1 N–H and O–H groups in total. The van der Waals surface area contributed by atoms with E-state index in [2.05, 4.69) is 37.9 Å². The maximum atomic E-state index is 9.11. The minimum Gasteiger partial charge on any atom is -0.338 e. The lowest BCUT2D eigenvalue weighted by molar-refractivity contribution is 0.254. The van der Waals surface area contributed by atoms with Crippen molar-refractivity contribution in [2.75, 3.05) is 6.61 Å². The van der Waals surface area contributed by atoms with E-state index in [1.165, 1.54) is 19.3 Å². The topological polar surface area (TPSA) is 29.5 Å². The Balaban J connectivity index is 3.40. The van der Waals surface area contributed by atoms with Crippen molar-refractivity contribution in [3.63, 3.8) is 0 Å². The normalized spacial score (nSPS) is 18.2. The Labute approximate surface area is 91.4 Å². The van der Waals surface area contributed by atoms with Crippen molar-refractivity contribution in [1.82, 2.24) is 0 Å². The number of unbranched alkanes of at least 4 members (excludes halogenated alkanes) is 2. The highest BCUT2D eigenvalue weighted by Crippen LogP contribution is 2.47. The van der Waals surface area contributed by atoms with Crippen LogP contribution in [0.3, 0.4) is 0 Å². The molecule has 0 fully saturated rings. The van der Waals surface area contributed by atoms with Gasteiger partial charge in [0, 0.05) is 0 Å². The first-order chi connectivity index (χ1) is 5.95. The van der Waals surface area contributed by atoms with Crippen molar-refractivity contribution in [2.24, 2.45) is 5.92 Å². The molecule has 0 aliphatic rings. The Morgan fingerprint density at radius 1 is 1.54 bits per heavy atom. The molecule has 0 bridgehead atoms. The van der Waals surface area contributed by atoms with Gasteiger partial charge >= 0.3 is 0 Å². The summed E-state index contributed by atoms with van der Waals surface area (Å²) in [7, 11) is 0. The fourth-order valence-electron chi connectivity index (χ4n) is 1.05. The van der Waals surface area contributed by atoms with Gasteiger partial charge in [-0.05, 0) is 24.1 Å². The van der Waals surface area contributed by atoms with Crippen molar-refractivity contribution in [3.05, 3.63) is 0 Å². The monoisotopic (exact) mass is 242 g/mol. The Morgan fingerprint density at radius 3 is 2.62 bits per heavy atom. The lowest BCUT2D eigenvalue weighted by Gasteiger charge is -2.14. The summed E-state index contributed by atoms with van der Waals surface area (Å²) in [5, 5.41) is 0. The van der Waals surface area contributed by atoms with Gasteiger partial charge in [0.2, 0.25) is 5.69 Å². The van der Waals surface area contributed by atoms with Gasteiger partial charge in [-0.2, -0.15) is 0 Å². The molecule has 0 rings (SSSR count). The standard InChI is InChI=1S/C8H19O2PS2/c1-3-4-5-6-8(2)7-10-11(9,12)13/h8H,3-7H2,1-2H3,(H2,9,12,13). The summed E-state index contributed by atoms with van der Waals surface area (Å²) in [5.41, 5.74) is -2.73. The molecule has 5 heteroatoms. The first-order valence-corrected chi connectivity index (χ1v) is 8.48. The molecule has 13 heavy (non-hydrogen) atoms. The van der Waals surface area contributed by atoms with Crippen LogP contribution in [0.2, 0.25) is 0 Å². The van der Waals surface area contributed by atoms with E-state index in [0.717, 1.165) is 6.42 Å². The predicted octanol–water partition coefficient (Wildman–Crippen LogP) is 3.37. The van der Waals surface area contributed by atoms with Gasteiger partial charge < -0.3 is 9.42 Å². The molecule has 0 aromatic heterocycles. The molecule has 0 saturated carbocycles. The third kappa shape index (κ3) is 10.8. The summed E-state index contributed by atoms with van der Waals surface area (Å²) in [6.07, 6.45) is 4.86. The number of hydrogen-bond donors (Lipinski definition) is 2. The van der Waals surface area contributed by atoms with Crippen LogP contribution in [0, 0.1) is 5.92 Å². The highest BCUT2D eigenvalue weighted by Gasteiger charge is 2.09. The quantitative estimate of drug-likeness (QED) is 0.407. The second-order valence-electron chi connectivity index (χ2n) is 3.39. The van der Waals surface area contributed by atoms with Crippen LogP contribution in [0.5, 0.6) is 0 Å². The maximum Gasteiger partial charge on any atom is 0.241 e. The van der Waals surface area contributed by atoms with Crippen LogP contribution >= 0.6 is 17.9 Å².